The van der Waals surface area contributed by atoms with Gasteiger partial charge in [-0.15, -0.1) is 0 Å². The highest BCUT2D eigenvalue weighted by Crippen LogP contribution is 2.30. The molecule has 2 aromatic carbocycles. The van der Waals surface area contributed by atoms with Crippen LogP contribution in [0.15, 0.2) is 64.4 Å². The number of nitrogens with one attached hydrogen (secondary N) is 2. The molecule has 0 radical (unpaired) electrons. The first-order valence-electron chi connectivity index (χ1n) is 8.14. The van der Waals surface area contributed by atoms with Crippen LogP contribution in [-0.2, 0) is 0 Å². The van der Waals surface area contributed by atoms with Gasteiger partial charge in [-0.2, -0.15) is 0 Å². The second-order valence-corrected chi connectivity index (χ2v) is 6.93. The van der Waals surface area contributed by atoms with E-state index in [0.717, 1.165) is 41.4 Å². The van der Waals surface area contributed by atoms with Gasteiger partial charge < -0.3 is 10.6 Å². The monoisotopic (exact) mass is 326 g/mol. The minimum Gasteiger partial charge on any atom is -0.352 e. The summed E-state index contributed by atoms with van der Waals surface area (Å²) in [6.07, 6.45) is 2.27. The van der Waals surface area contributed by atoms with Crippen molar-refractivity contribution < 1.29 is 4.79 Å². The molecule has 2 N–H and O–H groups in total. The quantitative estimate of drug-likeness (QED) is 0.853. The smallest absolute Gasteiger partial charge is 0.252 e. The molecule has 1 aliphatic rings. The molecule has 1 fully saturated rings. The van der Waals surface area contributed by atoms with Crippen molar-refractivity contribution in [3.05, 3.63) is 60.2 Å². The maximum absolute atomic E-state index is 12.5. The van der Waals surface area contributed by atoms with Crippen LogP contribution in [0.25, 0.3) is 0 Å². The zero-order chi connectivity index (χ0) is 15.9. The molecule has 0 aliphatic carbocycles. The highest BCUT2D eigenvalue weighted by Gasteiger charge is 2.15. The van der Waals surface area contributed by atoms with Crippen molar-refractivity contribution in [3.63, 3.8) is 0 Å². The Labute approximate surface area is 141 Å². The molecule has 0 spiro atoms. The number of carbonyl (C=O) groups is 1. The fraction of sp³-hybridized carbons (Fsp3) is 0.316. The van der Waals surface area contributed by atoms with Gasteiger partial charge >= 0.3 is 0 Å². The molecule has 0 bridgehead atoms. The summed E-state index contributed by atoms with van der Waals surface area (Å²) in [6.45, 7) is 2.93. The predicted octanol–water partition coefficient (Wildman–Crippen LogP) is 3.57. The number of rotatable bonds is 6. The fourth-order valence-electron chi connectivity index (χ4n) is 2.80. The van der Waals surface area contributed by atoms with E-state index in [1.54, 1.807) is 11.8 Å². The Balaban J connectivity index is 1.61. The predicted molar refractivity (Wildman–Crippen MR) is 94.9 cm³/mol. The van der Waals surface area contributed by atoms with Crippen LogP contribution in [0, 0.1) is 5.92 Å². The molecule has 120 valence electrons. The van der Waals surface area contributed by atoms with Crippen molar-refractivity contribution in [2.75, 3.05) is 19.6 Å². The summed E-state index contributed by atoms with van der Waals surface area (Å²) in [5.74, 6) is 0.722. The van der Waals surface area contributed by atoms with Crippen molar-refractivity contribution in [1.29, 1.82) is 0 Å². The molecule has 1 atom stereocenters. The molecule has 0 saturated carbocycles. The number of benzene rings is 2. The maximum atomic E-state index is 12.5. The highest BCUT2D eigenvalue weighted by atomic mass is 32.2. The van der Waals surface area contributed by atoms with Gasteiger partial charge in [-0.05, 0) is 56.1 Å². The lowest BCUT2D eigenvalue weighted by molar-refractivity contribution is 0.0948. The van der Waals surface area contributed by atoms with E-state index in [1.165, 1.54) is 6.42 Å². The van der Waals surface area contributed by atoms with Crippen LogP contribution < -0.4 is 10.6 Å². The van der Waals surface area contributed by atoms with Gasteiger partial charge in [-0.3, -0.25) is 4.79 Å². The highest BCUT2D eigenvalue weighted by molar-refractivity contribution is 7.99. The molecule has 1 saturated heterocycles. The summed E-state index contributed by atoms with van der Waals surface area (Å²) in [4.78, 5) is 14.6. The lowest BCUT2D eigenvalue weighted by atomic mass is 10.1. The Hall–Kier alpha value is -1.78. The standard InChI is InChI=1S/C19H22N2OS/c22-19(21-13-11-15-10-12-20-14-15)17-8-4-5-9-18(17)23-16-6-2-1-3-7-16/h1-9,15,20H,10-14H2,(H,21,22). The normalized spacial score (nSPS) is 17.1. The SMILES string of the molecule is O=C(NCCC1CCNC1)c1ccccc1Sc1ccccc1. The van der Waals surface area contributed by atoms with Gasteiger partial charge in [0, 0.05) is 16.3 Å². The van der Waals surface area contributed by atoms with Crippen molar-refractivity contribution >= 4 is 17.7 Å². The first-order chi connectivity index (χ1) is 11.3. The van der Waals surface area contributed by atoms with Crippen LogP contribution >= 0.6 is 11.8 Å². The zero-order valence-corrected chi connectivity index (χ0v) is 13.9. The lowest BCUT2D eigenvalue weighted by Gasteiger charge is -2.12. The number of hydrogen-bond donors (Lipinski definition) is 2. The Morgan fingerprint density at radius 3 is 2.70 bits per heavy atom. The number of hydrogen-bond acceptors (Lipinski definition) is 3. The van der Waals surface area contributed by atoms with Crippen molar-refractivity contribution in [2.45, 2.75) is 22.6 Å². The van der Waals surface area contributed by atoms with Crippen LogP contribution in [0.2, 0.25) is 0 Å². The van der Waals surface area contributed by atoms with E-state index in [0.29, 0.717) is 5.92 Å². The third-order valence-electron chi connectivity index (χ3n) is 4.10. The minimum atomic E-state index is 0.0231. The third kappa shape index (κ3) is 4.60. The maximum Gasteiger partial charge on any atom is 0.252 e. The number of carbonyl (C=O) groups excluding carboxylic acids is 1. The molecule has 0 aromatic heterocycles. The van der Waals surface area contributed by atoms with Crippen molar-refractivity contribution in [2.24, 2.45) is 5.92 Å². The second kappa shape index (κ2) is 8.18. The van der Waals surface area contributed by atoms with Crippen LogP contribution in [0.5, 0.6) is 0 Å². The van der Waals surface area contributed by atoms with Crippen molar-refractivity contribution in [3.8, 4) is 0 Å². The molecule has 1 heterocycles. The largest absolute Gasteiger partial charge is 0.352 e. The van der Waals surface area contributed by atoms with Gasteiger partial charge in [0.25, 0.3) is 5.91 Å². The molecular weight excluding hydrogens is 304 g/mol. The second-order valence-electron chi connectivity index (χ2n) is 5.81. The molecular formula is C19H22N2OS. The minimum absolute atomic E-state index is 0.0231. The van der Waals surface area contributed by atoms with Crippen LogP contribution in [0.3, 0.4) is 0 Å². The Morgan fingerprint density at radius 1 is 1.13 bits per heavy atom. The van der Waals surface area contributed by atoms with Crippen LogP contribution in [0.1, 0.15) is 23.2 Å². The summed E-state index contributed by atoms with van der Waals surface area (Å²) in [5.41, 5.74) is 0.755. The molecule has 1 unspecified atom stereocenters. The summed E-state index contributed by atoms with van der Waals surface area (Å²) in [6, 6.07) is 18.0. The van der Waals surface area contributed by atoms with E-state index >= 15 is 0 Å². The zero-order valence-electron chi connectivity index (χ0n) is 13.1. The van der Waals surface area contributed by atoms with Gasteiger partial charge in [0.05, 0.1) is 5.56 Å². The van der Waals surface area contributed by atoms with E-state index in [-0.39, 0.29) is 5.91 Å². The third-order valence-corrected chi connectivity index (χ3v) is 5.19. The van der Waals surface area contributed by atoms with Gasteiger partial charge in [0.1, 0.15) is 0 Å². The molecule has 1 aliphatic heterocycles. The average Bonchev–Trinajstić information content (AvgIpc) is 3.09. The molecule has 1 amide bonds. The molecule has 3 nitrogen and oxygen atoms in total. The molecule has 3 rings (SSSR count). The Kier molecular flexibility index (Phi) is 5.72. The van der Waals surface area contributed by atoms with Gasteiger partial charge in [0.15, 0.2) is 0 Å². The Morgan fingerprint density at radius 2 is 1.91 bits per heavy atom. The fourth-order valence-corrected chi connectivity index (χ4v) is 3.77. The average molecular weight is 326 g/mol. The van der Waals surface area contributed by atoms with Crippen molar-refractivity contribution in [1.82, 2.24) is 10.6 Å². The van der Waals surface area contributed by atoms with Gasteiger partial charge in [0.2, 0.25) is 0 Å². The van der Waals surface area contributed by atoms with E-state index in [9.17, 15) is 4.79 Å². The van der Waals surface area contributed by atoms with E-state index in [4.69, 9.17) is 0 Å². The van der Waals surface area contributed by atoms with Gasteiger partial charge in [-0.1, -0.05) is 42.1 Å². The summed E-state index contributed by atoms with van der Waals surface area (Å²) in [7, 11) is 0. The summed E-state index contributed by atoms with van der Waals surface area (Å²) < 4.78 is 0. The number of amides is 1. The first-order valence-corrected chi connectivity index (χ1v) is 8.95. The molecule has 2 aromatic rings. The van der Waals surface area contributed by atoms with Crippen LogP contribution in [0.4, 0.5) is 0 Å². The summed E-state index contributed by atoms with van der Waals surface area (Å²) >= 11 is 1.63. The van der Waals surface area contributed by atoms with E-state index in [2.05, 4.69) is 22.8 Å². The Bertz CT molecular complexity index is 639. The lowest BCUT2D eigenvalue weighted by Crippen LogP contribution is -2.26. The van der Waals surface area contributed by atoms with Crippen LogP contribution in [-0.4, -0.2) is 25.5 Å². The topological polar surface area (TPSA) is 41.1 Å². The van der Waals surface area contributed by atoms with Gasteiger partial charge in [-0.25, -0.2) is 0 Å². The summed E-state index contributed by atoms with van der Waals surface area (Å²) in [5, 5.41) is 6.43. The molecule has 4 heteroatoms. The van der Waals surface area contributed by atoms with E-state index < -0.39 is 0 Å². The molecule has 23 heavy (non-hydrogen) atoms. The van der Waals surface area contributed by atoms with E-state index in [1.807, 2.05) is 42.5 Å². The first kappa shape index (κ1) is 16.1.